The van der Waals surface area contributed by atoms with Crippen molar-refractivity contribution in [1.29, 1.82) is 0 Å². The molecule has 0 bridgehead atoms. The molecule has 1 heterocycles. The summed E-state index contributed by atoms with van der Waals surface area (Å²) in [6.07, 6.45) is 2.39. The number of rotatable bonds is 6. The molecular weight excluding hydrogens is 419 g/mol. The Morgan fingerprint density at radius 3 is 2.52 bits per heavy atom. The zero-order chi connectivity index (χ0) is 22.2. The first-order valence-corrected chi connectivity index (χ1v) is 10.6. The summed E-state index contributed by atoms with van der Waals surface area (Å²) in [6.45, 7) is 2.36. The molecule has 160 valence electrons. The van der Waals surface area contributed by atoms with Gasteiger partial charge < -0.3 is 5.32 Å². The van der Waals surface area contributed by atoms with E-state index in [9.17, 15) is 18.8 Å². The van der Waals surface area contributed by atoms with Crippen LogP contribution in [0.2, 0.25) is 0 Å². The van der Waals surface area contributed by atoms with Gasteiger partial charge in [0.25, 0.3) is 5.91 Å². The van der Waals surface area contributed by atoms with Crippen molar-refractivity contribution in [2.75, 3.05) is 17.2 Å². The fourth-order valence-corrected chi connectivity index (χ4v) is 3.51. The molecule has 2 aromatic carbocycles. The number of amidine groups is 1. The number of thioether (sulfide) groups is 1. The summed E-state index contributed by atoms with van der Waals surface area (Å²) in [4.78, 5) is 42.5. The first-order chi connectivity index (χ1) is 15.0. The number of nitrogens with zero attached hydrogens (tertiary/aromatic N) is 2. The lowest BCUT2D eigenvalue weighted by molar-refractivity contribution is -0.117. The molecule has 2 aromatic rings. The highest BCUT2D eigenvalue weighted by Gasteiger charge is 2.32. The van der Waals surface area contributed by atoms with Crippen molar-refractivity contribution >= 4 is 46.5 Å². The summed E-state index contributed by atoms with van der Waals surface area (Å²) >= 11 is 1.01. The highest BCUT2D eigenvalue weighted by molar-refractivity contribution is 8.14. The van der Waals surface area contributed by atoms with E-state index in [0.717, 1.165) is 23.7 Å². The Bertz CT molecular complexity index is 1020. The number of urea groups is 1. The number of anilines is 1. The molecule has 1 aliphatic heterocycles. The maximum atomic E-state index is 13.4. The van der Waals surface area contributed by atoms with Crippen molar-refractivity contribution in [3.05, 3.63) is 71.7 Å². The normalized spacial score (nSPS) is 14.5. The van der Waals surface area contributed by atoms with Crippen LogP contribution in [0.3, 0.4) is 0 Å². The molecule has 0 spiro atoms. The summed E-state index contributed by atoms with van der Waals surface area (Å²) in [5.41, 5.74) is 1.42. The Morgan fingerprint density at radius 1 is 1.13 bits per heavy atom. The second kappa shape index (κ2) is 10.5. The number of amides is 4. The highest BCUT2D eigenvalue weighted by Crippen LogP contribution is 2.29. The van der Waals surface area contributed by atoms with Crippen LogP contribution in [0.1, 0.15) is 18.9 Å². The van der Waals surface area contributed by atoms with Crippen LogP contribution in [0.4, 0.5) is 14.9 Å². The van der Waals surface area contributed by atoms with E-state index in [0.29, 0.717) is 12.2 Å². The number of aliphatic imine (C=N–C) groups is 1. The minimum absolute atomic E-state index is 0.123. The molecule has 0 unspecified atom stereocenters. The molecule has 1 aliphatic rings. The molecular formula is C22H21FN4O3S. The first kappa shape index (κ1) is 22.2. The van der Waals surface area contributed by atoms with Crippen LogP contribution in [-0.2, 0) is 9.59 Å². The van der Waals surface area contributed by atoms with E-state index in [1.165, 1.54) is 29.2 Å². The molecule has 0 fully saturated rings. The number of halogens is 1. The van der Waals surface area contributed by atoms with E-state index in [1.807, 2.05) is 37.3 Å². The third kappa shape index (κ3) is 6.02. The Balaban J connectivity index is 1.79. The summed E-state index contributed by atoms with van der Waals surface area (Å²) in [7, 11) is 0. The topological polar surface area (TPSA) is 90.9 Å². The third-order valence-electron chi connectivity index (χ3n) is 4.14. The molecule has 0 saturated heterocycles. The molecule has 2 N–H and O–H groups in total. The van der Waals surface area contributed by atoms with Gasteiger partial charge in [0.1, 0.15) is 11.5 Å². The Kier molecular flexibility index (Phi) is 7.55. The van der Waals surface area contributed by atoms with Crippen molar-refractivity contribution in [3.63, 3.8) is 0 Å². The molecule has 9 heteroatoms. The minimum Gasteiger partial charge on any atom is -0.338 e. The molecule has 0 aromatic heterocycles. The average Bonchev–Trinajstić information content (AvgIpc) is 3.07. The van der Waals surface area contributed by atoms with E-state index in [4.69, 9.17) is 0 Å². The number of hydrogen-bond donors (Lipinski definition) is 2. The number of carbonyl (C=O) groups excluding carboxylic acids is 3. The van der Waals surface area contributed by atoms with E-state index in [-0.39, 0.29) is 22.5 Å². The predicted octanol–water partition coefficient (Wildman–Crippen LogP) is 3.54. The van der Waals surface area contributed by atoms with E-state index < -0.39 is 17.8 Å². The molecule has 0 atom stereocenters. The second-order valence-corrected chi connectivity index (χ2v) is 7.49. The minimum atomic E-state index is -0.572. The molecule has 31 heavy (non-hydrogen) atoms. The van der Waals surface area contributed by atoms with Gasteiger partial charge in [-0.1, -0.05) is 49.0 Å². The van der Waals surface area contributed by atoms with Crippen molar-refractivity contribution in [1.82, 2.24) is 10.6 Å². The van der Waals surface area contributed by atoms with Crippen molar-refractivity contribution in [2.24, 2.45) is 4.99 Å². The summed E-state index contributed by atoms with van der Waals surface area (Å²) < 4.78 is 13.4. The molecule has 3 rings (SSSR count). The molecule has 0 aliphatic carbocycles. The lowest BCUT2D eigenvalue weighted by atomic mass is 10.2. The standard InChI is InChI=1S/C22H21FN4O3S/c1-2-12-24-21(30)26-19(28)14-31-22-25-18(13-15-6-4-3-5-7-15)20(29)27(22)17-10-8-16(23)9-11-17/h3-11,13H,2,12,14H2,1H3,(H2,24,26,28,30)/b18-13-. The van der Waals surface area contributed by atoms with Gasteiger partial charge in [-0.15, -0.1) is 0 Å². The van der Waals surface area contributed by atoms with Crippen LogP contribution in [-0.4, -0.2) is 35.3 Å². The van der Waals surface area contributed by atoms with E-state index in [1.54, 1.807) is 6.08 Å². The van der Waals surface area contributed by atoms with Gasteiger partial charge in [-0.2, -0.15) is 0 Å². The number of benzene rings is 2. The Morgan fingerprint density at radius 2 is 1.84 bits per heavy atom. The van der Waals surface area contributed by atoms with Crippen molar-refractivity contribution in [3.8, 4) is 0 Å². The summed E-state index contributed by atoms with van der Waals surface area (Å²) in [6, 6.07) is 14.1. The number of imide groups is 1. The smallest absolute Gasteiger partial charge is 0.321 e. The Hall–Kier alpha value is -3.46. The van der Waals surface area contributed by atoms with Crippen LogP contribution in [0.5, 0.6) is 0 Å². The number of nitrogens with one attached hydrogen (secondary N) is 2. The van der Waals surface area contributed by atoms with Crippen molar-refractivity contribution in [2.45, 2.75) is 13.3 Å². The van der Waals surface area contributed by atoms with E-state index >= 15 is 0 Å². The van der Waals surface area contributed by atoms with Gasteiger partial charge >= 0.3 is 6.03 Å². The van der Waals surface area contributed by atoms with Crippen LogP contribution in [0.25, 0.3) is 6.08 Å². The number of carbonyl (C=O) groups is 3. The maximum absolute atomic E-state index is 13.4. The van der Waals surface area contributed by atoms with Crippen molar-refractivity contribution < 1.29 is 18.8 Å². The van der Waals surface area contributed by atoms with Crippen LogP contribution >= 0.6 is 11.8 Å². The van der Waals surface area contributed by atoms with Gasteiger partial charge in [0.2, 0.25) is 5.91 Å². The monoisotopic (exact) mass is 440 g/mol. The fourth-order valence-electron chi connectivity index (χ4n) is 2.69. The molecule has 0 saturated carbocycles. The SMILES string of the molecule is CCCNC(=O)NC(=O)CSC1=N/C(=C\c2ccccc2)C(=O)N1c1ccc(F)cc1. The summed E-state index contributed by atoms with van der Waals surface area (Å²) in [5.74, 6) is -1.46. The lowest BCUT2D eigenvalue weighted by Crippen LogP contribution is -2.41. The maximum Gasteiger partial charge on any atom is 0.321 e. The molecule has 0 radical (unpaired) electrons. The second-order valence-electron chi connectivity index (χ2n) is 6.54. The summed E-state index contributed by atoms with van der Waals surface area (Å²) in [5, 5.41) is 5.05. The molecule has 4 amide bonds. The fraction of sp³-hybridized carbons (Fsp3) is 0.182. The van der Waals surface area contributed by atoms with Crippen LogP contribution in [0, 0.1) is 5.82 Å². The van der Waals surface area contributed by atoms with Gasteiger partial charge in [0.05, 0.1) is 11.4 Å². The van der Waals surface area contributed by atoms with Gasteiger partial charge in [-0.3, -0.25) is 19.8 Å². The highest BCUT2D eigenvalue weighted by atomic mass is 32.2. The lowest BCUT2D eigenvalue weighted by Gasteiger charge is -2.17. The quantitative estimate of drug-likeness (QED) is 0.673. The Labute approximate surface area is 183 Å². The number of hydrogen-bond acceptors (Lipinski definition) is 5. The van der Waals surface area contributed by atoms with Gasteiger partial charge in [0.15, 0.2) is 5.17 Å². The van der Waals surface area contributed by atoms with Gasteiger partial charge in [-0.05, 0) is 42.3 Å². The average molecular weight is 441 g/mol. The van der Waals surface area contributed by atoms with Gasteiger partial charge in [-0.25, -0.2) is 14.2 Å². The van der Waals surface area contributed by atoms with E-state index in [2.05, 4.69) is 15.6 Å². The van der Waals surface area contributed by atoms with Crippen LogP contribution in [0.15, 0.2) is 65.3 Å². The zero-order valence-electron chi connectivity index (χ0n) is 16.8. The zero-order valence-corrected chi connectivity index (χ0v) is 17.6. The first-order valence-electron chi connectivity index (χ1n) is 9.64. The largest absolute Gasteiger partial charge is 0.338 e. The predicted molar refractivity (Wildman–Crippen MR) is 120 cm³/mol. The van der Waals surface area contributed by atoms with Crippen LogP contribution < -0.4 is 15.5 Å². The third-order valence-corrected chi connectivity index (χ3v) is 5.08. The molecule has 7 nitrogen and oxygen atoms in total. The van der Waals surface area contributed by atoms with Gasteiger partial charge in [0, 0.05) is 6.54 Å².